The monoisotopic (exact) mass is 303 g/mol. The summed E-state index contributed by atoms with van der Waals surface area (Å²) in [6, 6.07) is 0.490. The van der Waals surface area contributed by atoms with Crippen molar-refractivity contribution in [1.82, 2.24) is 0 Å². The number of aromatic hydroxyl groups is 1. The maximum Gasteiger partial charge on any atom is 0.130 e. The minimum absolute atomic E-state index is 0.0610. The van der Waals surface area contributed by atoms with Crippen LogP contribution < -0.4 is 0 Å². The third kappa shape index (κ3) is 1.66. The molecule has 0 aliphatic heterocycles. The molecule has 2 heteroatoms. The van der Waals surface area contributed by atoms with Gasteiger partial charge in [-0.3, -0.25) is 0 Å². The lowest BCUT2D eigenvalue weighted by Gasteiger charge is -2.52. The van der Waals surface area contributed by atoms with Gasteiger partial charge in [0.1, 0.15) is 11.4 Å². The Balaban J connectivity index is 1.95. The van der Waals surface area contributed by atoms with Crippen molar-refractivity contribution in [3.8, 4) is 18.1 Å². The van der Waals surface area contributed by atoms with Gasteiger partial charge in [-0.1, -0.05) is 18.9 Å². The van der Waals surface area contributed by atoms with E-state index in [0.717, 1.165) is 0 Å². The second-order valence-electron chi connectivity index (χ2n) is 6.82. The van der Waals surface area contributed by atoms with E-state index in [0.29, 0.717) is 0 Å². The van der Waals surface area contributed by atoms with E-state index in [9.17, 15) is 11.6 Å². The molecular formula is C20H24O2. The maximum atomic E-state index is 11.1. The number of phenols is 1. The van der Waals surface area contributed by atoms with Crippen LogP contribution in [0.25, 0.3) is 0 Å². The van der Waals surface area contributed by atoms with Crippen molar-refractivity contribution in [2.45, 2.75) is 56.8 Å². The second-order valence-corrected chi connectivity index (χ2v) is 6.82. The first kappa shape index (κ1) is 8.41. The van der Waals surface area contributed by atoms with Crippen LogP contribution in [-0.4, -0.2) is 15.8 Å². The molecule has 0 spiro atoms. The van der Waals surface area contributed by atoms with E-state index in [1.807, 2.05) is 0 Å². The SMILES string of the molecule is [2H]c1cc2c(c([2H])c1O)C([2H])([2H])C[C@H]1[C@@H]3CC([2H])([2H])[C@@](O)(C#C)[C@@]3(C)CC[C@]21[2H]. The zero-order valence-electron chi connectivity index (χ0n) is 19.5. The van der Waals surface area contributed by atoms with Crippen LogP contribution in [0, 0.1) is 29.6 Å². The Hall–Kier alpha value is -1.46. The van der Waals surface area contributed by atoms with Crippen molar-refractivity contribution in [2.75, 3.05) is 0 Å². The van der Waals surface area contributed by atoms with Gasteiger partial charge in [0, 0.05) is 12.3 Å². The zero-order chi connectivity index (χ0) is 21.8. The summed E-state index contributed by atoms with van der Waals surface area (Å²) in [6.07, 6.45) is 1.72. The van der Waals surface area contributed by atoms with Gasteiger partial charge < -0.3 is 10.2 Å². The summed E-state index contributed by atoms with van der Waals surface area (Å²) in [6.45, 7) is 1.73. The van der Waals surface area contributed by atoms with Gasteiger partial charge in [0.15, 0.2) is 0 Å². The average Bonchev–Trinajstić information content (AvgIpc) is 2.78. The standard InChI is InChI=1S/C20H24O2/c1-3-20(22)11-9-18-17-6-4-13-12-14(21)5-7-15(13)16(17)8-10-19(18,20)2/h1,5,7,12,16-18,21-22H,4,6,8-11H2,2H3/t16-,17-,18+,19+,20+/m1/s1/i4D2,5D,11D2,12D,16D. The smallest absolute Gasteiger partial charge is 0.130 e. The molecule has 0 unspecified atom stereocenters. The third-order valence-electron chi connectivity index (χ3n) is 5.99. The van der Waals surface area contributed by atoms with Gasteiger partial charge >= 0.3 is 0 Å². The maximum absolute atomic E-state index is 11.1. The van der Waals surface area contributed by atoms with E-state index in [2.05, 4.69) is 5.92 Å². The minimum atomic E-state index is -2.07. The molecule has 0 saturated heterocycles. The summed E-state index contributed by atoms with van der Waals surface area (Å²) in [4.78, 5) is 0. The normalized spacial score (nSPS) is 55.4. The molecule has 3 aliphatic rings. The second kappa shape index (κ2) is 4.52. The van der Waals surface area contributed by atoms with Crippen LogP contribution in [0.1, 0.15) is 65.6 Å². The number of phenolic OH excluding ortho intramolecular Hbond substituents is 1. The van der Waals surface area contributed by atoms with E-state index in [1.165, 1.54) is 6.07 Å². The lowest BCUT2D eigenvalue weighted by molar-refractivity contribution is -0.0646. The number of hydrogen-bond acceptors (Lipinski definition) is 2. The van der Waals surface area contributed by atoms with Gasteiger partial charge in [-0.05, 0) is 79.4 Å². The van der Waals surface area contributed by atoms with Crippen LogP contribution in [0.3, 0.4) is 0 Å². The number of aliphatic hydroxyl groups is 1. The Labute approximate surface area is 142 Å². The quantitative estimate of drug-likeness (QED) is 0.719. The molecule has 1 aromatic carbocycles. The molecule has 2 saturated carbocycles. The summed E-state index contributed by atoms with van der Waals surface area (Å²) in [7, 11) is 0. The zero-order valence-corrected chi connectivity index (χ0v) is 12.5. The fourth-order valence-electron chi connectivity index (χ4n) is 4.58. The first-order chi connectivity index (χ1) is 13.2. The van der Waals surface area contributed by atoms with E-state index in [4.69, 9.17) is 14.6 Å². The molecule has 2 fully saturated rings. The first-order valence-corrected chi connectivity index (χ1v) is 7.70. The summed E-state index contributed by atoms with van der Waals surface area (Å²) < 4.78 is 59.4. The molecule has 0 aromatic heterocycles. The van der Waals surface area contributed by atoms with E-state index < -0.39 is 53.3 Å². The van der Waals surface area contributed by atoms with Gasteiger partial charge in [-0.25, -0.2) is 0 Å². The summed E-state index contributed by atoms with van der Waals surface area (Å²) >= 11 is 0. The summed E-state index contributed by atoms with van der Waals surface area (Å²) in [5, 5.41) is 21.2. The van der Waals surface area contributed by atoms with Crippen LogP contribution in [0.4, 0.5) is 0 Å². The molecule has 4 rings (SSSR count). The number of rotatable bonds is 0. The van der Waals surface area contributed by atoms with Crippen molar-refractivity contribution in [3.05, 3.63) is 29.3 Å². The molecule has 116 valence electrons. The Bertz CT molecular complexity index is 955. The highest BCUT2D eigenvalue weighted by Gasteiger charge is 2.61. The van der Waals surface area contributed by atoms with Gasteiger partial charge in [0.25, 0.3) is 0 Å². The van der Waals surface area contributed by atoms with E-state index >= 15 is 0 Å². The minimum Gasteiger partial charge on any atom is -0.508 e. The number of hydrogen-bond donors (Lipinski definition) is 2. The van der Waals surface area contributed by atoms with Crippen molar-refractivity contribution < 1.29 is 19.8 Å². The molecule has 1 aromatic rings. The summed E-state index contributed by atoms with van der Waals surface area (Å²) in [5.41, 5.74) is -2.88. The number of terminal acetylenes is 1. The molecule has 0 heterocycles. The molecule has 2 nitrogen and oxygen atoms in total. The molecule has 3 aliphatic carbocycles. The Morgan fingerprint density at radius 1 is 1.50 bits per heavy atom. The van der Waals surface area contributed by atoms with E-state index in [1.54, 1.807) is 6.92 Å². The first-order valence-electron chi connectivity index (χ1n) is 11.2. The van der Waals surface area contributed by atoms with Crippen molar-refractivity contribution in [2.24, 2.45) is 17.3 Å². The Kier molecular flexibility index (Phi) is 1.73. The highest BCUT2D eigenvalue weighted by atomic mass is 16.3. The van der Waals surface area contributed by atoms with Gasteiger partial charge in [-0.2, -0.15) is 0 Å². The van der Waals surface area contributed by atoms with Crippen LogP contribution in [-0.2, 0) is 6.37 Å². The topological polar surface area (TPSA) is 40.5 Å². The molecule has 0 amide bonds. The molecule has 22 heavy (non-hydrogen) atoms. The largest absolute Gasteiger partial charge is 0.508 e. The fraction of sp³-hybridized carbons (Fsp3) is 0.600. The predicted molar refractivity (Wildman–Crippen MR) is 86.5 cm³/mol. The fourth-order valence-corrected chi connectivity index (χ4v) is 4.58. The predicted octanol–water partition coefficient (Wildman–Crippen LogP) is 3.61. The summed E-state index contributed by atoms with van der Waals surface area (Å²) in [5.74, 6) is -0.858. The number of benzene rings is 1. The highest BCUT2D eigenvalue weighted by molar-refractivity contribution is 5.40. The van der Waals surface area contributed by atoms with E-state index in [-0.39, 0.29) is 42.9 Å². The van der Waals surface area contributed by atoms with Crippen LogP contribution in [0.5, 0.6) is 5.75 Å². The van der Waals surface area contributed by atoms with Crippen LogP contribution >= 0.6 is 0 Å². The van der Waals surface area contributed by atoms with Crippen LogP contribution in [0.2, 0.25) is 0 Å². The lowest BCUT2D eigenvalue weighted by atomic mass is 9.53. The molecule has 0 bridgehead atoms. The van der Waals surface area contributed by atoms with Gasteiger partial charge in [-0.15, -0.1) is 6.42 Å². The highest BCUT2D eigenvalue weighted by Crippen LogP contribution is 2.64. The number of fused-ring (bicyclic) bond motifs is 5. The van der Waals surface area contributed by atoms with Gasteiger partial charge in [0.05, 0.1) is 2.74 Å². The van der Waals surface area contributed by atoms with Crippen molar-refractivity contribution in [3.63, 3.8) is 0 Å². The Morgan fingerprint density at radius 2 is 2.32 bits per heavy atom. The van der Waals surface area contributed by atoms with Crippen LogP contribution in [0.15, 0.2) is 18.2 Å². The third-order valence-corrected chi connectivity index (χ3v) is 5.99. The Morgan fingerprint density at radius 3 is 3.09 bits per heavy atom. The molecule has 0 radical (unpaired) electrons. The van der Waals surface area contributed by atoms with Gasteiger partial charge in [0.2, 0.25) is 0 Å². The van der Waals surface area contributed by atoms with Crippen molar-refractivity contribution >= 4 is 0 Å². The average molecular weight is 303 g/mol. The molecule has 2 N–H and O–H groups in total. The molecular weight excluding hydrogens is 272 g/mol. The van der Waals surface area contributed by atoms with Crippen molar-refractivity contribution in [1.29, 1.82) is 0 Å². The molecule has 5 atom stereocenters. The lowest BCUT2D eigenvalue weighted by Crippen LogP contribution is -2.50.